The van der Waals surface area contributed by atoms with Gasteiger partial charge in [-0.25, -0.2) is 0 Å². The summed E-state index contributed by atoms with van der Waals surface area (Å²) in [5.41, 5.74) is 5.83. The van der Waals surface area contributed by atoms with E-state index in [1.165, 1.54) is 44.9 Å². The zero-order valence-electron chi connectivity index (χ0n) is 13.0. The van der Waals surface area contributed by atoms with E-state index in [0.29, 0.717) is 18.2 Å². The Kier molecular flexibility index (Phi) is 7.67. The molecule has 1 unspecified atom stereocenters. The molecule has 0 heterocycles. The number of rotatable bonds is 8. The predicted octanol–water partition coefficient (Wildman–Crippen LogP) is 4.46. The Morgan fingerprint density at radius 2 is 1.79 bits per heavy atom. The molecular formula is C17H33NO. The summed E-state index contributed by atoms with van der Waals surface area (Å²) in [6, 6.07) is 0. The van der Waals surface area contributed by atoms with Crippen molar-refractivity contribution in [1.29, 1.82) is 0 Å². The highest BCUT2D eigenvalue weighted by atomic mass is 16.1. The first kappa shape index (κ1) is 16.7. The van der Waals surface area contributed by atoms with Crippen molar-refractivity contribution in [1.82, 2.24) is 0 Å². The lowest BCUT2D eigenvalue weighted by Crippen LogP contribution is -2.39. The highest BCUT2D eigenvalue weighted by Gasteiger charge is 2.37. The van der Waals surface area contributed by atoms with Crippen molar-refractivity contribution in [3.8, 4) is 0 Å². The monoisotopic (exact) mass is 267 g/mol. The first-order chi connectivity index (χ1) is 9.18. The van der Waals surface area contributed by atoms with Gasteiger partial charge in [0, 0.05) is 18.4 Å². The molecule has 0 aromatic rings. The Balaban J connectivity index is 2.60. The zero-order valence-corrected chi connectivity index (χ0v) is 13.0. The third kappa shape index (κ3) is 4.91. The second-order valence-electron chi connectivity index (χ2n) is 6.44. The highest BCUT2D eigenvalue weighted by Crippen LogP contribution is 2.37. The SMILES string of the molecule is CCCCC(CC)CC(=O)C1(CN)CCCCCC1. The molecule has 0 bridgehead atoms. The molecule has 112 valence electrons. The van der Waals surface area contributed by atoms with Crippen molar-refractivity contribution in [2.24, 2.45) is 17.1 Å². The van der Waals surface area contributed by atoms with E-state index >= 15 is 0 Å². The van der Waals surface area contributed by atoms with Crippen LogP contribution in [-0.2, 0) is 4.79 Å². The number of unbranched alkanes of at least 4 members (excludes halogenated alkanes) is 1. The topological polar surface area (TPSA) is 43.1 Å². The fourth-order valence-electron chi connectivity index (χ4n) is 3.42. The molecule has 1 saturated carbocycles. The van der Waals surface area contributed by atoms with E-state index in [9.17, 15) is 4.79 Å². The van der Waals surface area contributed by atoms with Gasteiger partial charge >= 0.3 is 0 Å². The van der Waals surface area contributed by atoms with Crippen LogP contribution < -0.4 is 5.73 Å². The number of Topliss-reactive ketones (excluding diaryl/α,β-unsaturated/α-hetero) is 1. The quantitative estimate of drug-likeness (QED) is 0.660. The van der Waals surface area contributed by atoms with Crippen LogP contribution in [0.4, 0.5) is 0 Å². The van der Waals surface area contributed by atoms with Crippen LogP contribution in [0.2, 0.25) is 0 Å². The minimum absolute atomic E-state index is 0.171. The summed E-state index contributed by atoms with van der Waals surface area (Å²) >= 11 is 0. The largest absolute Gasteiger partial charge is 0.329 e. The van der Waals surface area contributed by atoms with Crippen LogP contribution in [0.5, 0.6) is 0 Å². The van der Waals surface area contributed by atoms with E-state index in [1.54, 1.807) is 0 Å². The van der Waals surface area contributed by atoms with Gasteiger partial charge in [-0.15, -0.1) is 0 Å². The van der Waals surface area contributed by atoms with E-state index in [0.717, 1.165) is 25.7 Å². The van der Waals surface area contributed by atoms with E-state index in [2.05, 4.69) is 13.8 Å². The molecule has 2 heteroatoms. The second-order valence-corrected chi connectivity index (χ2v) is 6.44. The Hall–Kier alpha value is -0.370. The molecule has 1 aliphatic carbocycles. The average Bonchev–Trinajstić information content (AvgIpc) is 2.69. The summed E-state index contributed by atoms with van der Waals surface area (Å²) in [6.07, 6.45) is 12.6. The molecule has 0 saturated heterocycles. The van der Waals surface area contributed by atoms with Crippen LogP contribution in [-0.4, -0.2) is 12.3 Å². The number of carbonyl (C=O) groups is 1. The van der Waals surface area contributed by atoms with Gasteiger partial charge < -0.3 is 5.73 Å². The second kappa shape index (κ2) is 8.73. The van der Waals surface area contributed by atoms with E-state index in [4.69, 9.17) is 5.73 Å². The van der Waals surface area contributed by atoms with Crippen LogP contribution in [0.15, 0.2) is 0 Å². The highest BCUT2D eigenvalue weighted by molar-refractivity contribution is 5.85. The summed E-state index contributed by atoms with van der Waals surface area (Å²) in [4.78, 5) is 12.8. The summed E-state index contributed by atoms with van der Waals surface area (Å²) in [5.74, 6) is 1.05. The van der Waals surface area contributed by atoms with E-state index in [-0.39, 0.29) is 5.41 Å². The van der Waals surface area contributed by atoms with Crippen molar-refractivity contribution in [2.45, 2.75) is 84.5 Å². The minimum atomic E-state index is -0.171. The molecular weight excluding hydrogens is 234 g/mol. The van der Waals surface area contributed by atoms with Gasteiger partial charge in [0.05, 0.1) is 0 Å². The van der Waals surface area contributed by atoms with E-state index < -0.39 is 0 Å². The standard InChI is InChI=1S/C17H33NO/c1-3-5-10-15(4-2)13-16(19)17(14-18)11-8-6-7-9-12-17/h15H,3-14,18H2,1-2H3. The Morgan fingerprint density at radius 1 is 1.16 bits per heavy atom. The summed E-state index contributed by atoms with van der Waals surface area (Å²) in [6.45, 7) is 5.01. The van der Waals surface area contributed by atoms with Gasteiger partial charge in [0.25, 0.3) is 0 Å². The molecule has 1 rings (SSSR count). The maximum Gasteiger partial charge on any atom is 0.140 e. The van der Waals surface area contributed by atoms with Gasteiger partial charge in [-0.1, -0.05) is 65.2 Å². The van der Waals surface area contributed by atoms with Gasteiger partial charge in [0.1, 0.15) is 5.78 Å². The lowest BCUT2D eigenvalue weighted by atomic mass is 9.73. The average molecular weight is 267 g/mol. The molecule has 0 spiro atoms. The van der Waals surface area contributed by atoms with Gasteiger partial charge in [-0.3, -0.25) is 4.79 Å². The molecule has 0 amide bonds. The van der Waals surface area contributed by atoms with Crippen molar-refractivity contribution in [3.05, 3.63) is 0 Å². The van der Waals surface area contributed by atoms with Crippen molar-refractivity contribution in [3.63, 3.8) is 0 Å². The molecule has 0 aromatic heterocycles. The molecule has 1 atom stereocenters. The molecule has 0 aromatic carbocycles. The summed E-state index contributed by atoms with van der Waals surface area (Å²) in [5, 5.41) is 0. The van der Waals surface area contributed by atoms with Gasteiger partial charge in [-0.05, 0) is 18.8 Å². The maximum atomic E-state index is 12.8. The Morgan fingerprint density at radius 3 is 2.26 bits per heavy atom. The molecule has 1 aliphatic rings. The third-order valence-electron chi connectivity index (χ3n) is 5.06. The first-order valence-corrected chi connectivity index (χ1v) is 8.42. The Bertz CT molecular complexity index is 254. The summed E-state index contributed by atoms with van der Waals surface area (Å²) in [7, 11) is 0. The summed E-state index contributed by atoms with van der Waals surface area (Å²) < 4.78 is 0. The molecule has 0 aliphatic heterocycles. The fourth-order valence-corrected chi connectivity index (χ4v) is 3.42. The lowest BCUT2D eigenvalue weighted by molar-refractivity contribution is -0.130. The maximum absolute atomic E-state index is 12.8. The number of nitrogens with two attached hydrogens (primary N) is 1. The molecule has 0 radical (unpaired) electrons. The fraction of sp³-hybridized carbons (Fsp3) is 0.941. The van der Waals surface area contributed by atoms with Gasteiger partial charge in [0.15, 0.2) is 0 Å². The molecule has 19 heavy (non-hydrogen) atoms. The number of ketones is 1. The van der Waals surface area contributed by atoms with Gasteiger partial charge in [-0.2, -0.15) is 0 Å². The first-order valence-electron chi connectivity index (χ1n) is 8.42. The van der Waals surface area contributed by atoms with Crippen LogP contribution in [0.3, 0.4) is 0 Å². The van der Waals surface area contributed by atoms with Crippen LogP contribution >= 0.6 is 0 Å². The predicted molar refractivity (Wildman–Crippen MR) is 82.1 cm³/mol. The number of hydrogen-bond donors (Lipinski definition) is 1. The number of carbonyl (C=O) groups excluding carboxylic acids is 1. The lowest BCUT2D eigenvalue weighted by Gasteiger charge is -2.31. The normalized spacial score (nSPS) is 20.8. The van der Waals surface area contributed by atoms with Crippen molar-refractivity contribution in [2.75, 3.05) is 6.54 Å². The van der Waals surface area contributed by atoms with E-state index in [1.807, 2.05) is 0 Å². The molecule has 2 N–H and O–H groups in total. The third-order valence-corrected chi connectivity index (χ3v) is 5.06. The minimum Gasteiger partial charge on any atom is -0.329 e. The van der Waals surface area contributed by atoms with Crippen molar-refractivity contribution >= 4 is 5.78 Å². The van der Waals surface area contributed by atoms with Crippen LogP contribution in [0.25, 0.3) is 0 Å². The number of hydrogen-bond acceptors (Lipinski definition) is 2. The van der Waals surface area contributed by atoms with Gasteiger partial charge in [0.2, 0.25) is 0 Å². The molecule has 1 fully saturated rings. The van der Waals surface area contributed by atoms with Crippen molar-refractivity contribution < 1.29 is 4.79 Å². The smallest absolute Gasteiger partial charge is 0.140 e. The molecule has 2 nitrogen and oxygen atoms in total. The Labute approximate surface area is 119 Å². The van der Waals surface area contributed by atoms with Crippen LogP contribution in [0.1, 0.15) is 84.5 Å². The zero-order chi connectivity index (χ0) is 14.1. The van der Waals surface area contributed by atoms with Crippen LogP contribution in [0, 0.1) is 11.3 Å².